The second-order valence-corrected chi connectivity index (χ2v) is 12.0. The third-order valence-electron chi connectivity index (χ3n) is 2.40. The van der Waals surface area contributed by atoms with Crippen molar-refractivity contribution in [3.63, 3.8) is 0 Å². The second-order valence-electron chi connectivity index (χ2n) is 4.84. The maximum atomic E-state index is 11.4. The van der Waals surface area contributed by atoms with Gasteiger partial charge in [0, 0.05) is 0 Å². The van der Waals surface area contributed by atoms with Crippen molar-refractivity contribution in [3.8, 4) is 12.3 Å². The molecule has 0 heterocycles. The minimum absolute atomic E-state index is 0.0331. The highest BCUT2D eigenvalue weighted by Crippen LogP contribution is 2.43. The van der Waals surface area contributed by atoms with E-state index in [2.05, 4.69) is 10.7 Å². The van der Waals surface area contributed by atoms with Crippen molar-refractivity contribution < 1.29 is 28.6 Å². The number of carboxylic acids is 1. The normalized spacial score (nSPS) is 10.8. The molecule has 0 aliphatic rings. The second kappa shape index (κ2) is 10.7. The molecule has 0 aromatic heterocycles. The van der Waals surface area contributed by atoms with Crippen LogP contribution in [0.15, 0.2) is 0 Å². The molecule has 0 aromatic rings. The van der Waals surface area contributed by atoms with Gasteiger partial charge in [-0.25, -0.2) is 0 Å². The van der Waals surface area contributed by atoms with Crippen LogP contribution in [0.5, 0.6) is 0 Å². The summed E-state index contributed by atoms with van der Waals surface area (Å²) in [5.74, 6) is 0.710. The molecule has 6 nitrogen and oxygen atoms in total. The van der Waals surface area contributed by atoms with E-state index in [1.807, 2.05) is 0 Å². The molecule has 0 unspecified atom stereocenters. The number of hydrogen-bond donors (Lipinski definition) is 1. The highest BCUT2D eigenvalue weighted by Gasteiger charge is 2.20. The van der Waals surface area contributed by atoms with Gasteiger partial charge in [-0.1, -0.05) is 19.8 Å². The lowest BCUT2D eigenvalue weighted by molar-refractivity contribution is -0.139. The molecule has 0 saturated carbocycles. The molecule has 0 aliphatic heterocycles. The Kier molecular flexibility index (Phi) is 11.3. The zero-order valence-electron chi connectivity index (χ0n) is 13.0. The lowest BCUT2D eigenvalue weighted by Gasteiger charge is -2.09. The van der Waals surface area contributed by atoms with Crippen LogP contribution in [0, 0.1) is 12.3 Å². The van der Waals surface area contributed by atoms with Crippen LogP contribution in [0.1, 0.15) is 13.8 Å². The highest BCUT2D eigenvalue weighted by atomic mass is 31.2. The van der Waals surface area contributed by atoms with Crippen LogP contribution >= 0.6 is 14.3 Å². The summed E-state index contributed by atoms with van der Waals surface area (Å²) in [7, 11) is -4.64. The van der Waals surface area contributed by atoms with Crippen molar-refractivity contribution in [3.05, 3.63) is 0 Å². The smallest absolute Gasteiger partial charge is 0.314 e. The third-order valence-corrected chi connectivity index (χ3v) is 6.57. The lowest BCUT2D eigenvalue weighted by Crippen LogP contribution is -2.09. The topological polar surface area (TPSA) is 97.7 Å². The van der Waals surface area contributed by atoms with Crippen molar-refractivity contribution >= 4 is 26.2 Å². The first kappa shape index (κ1) is 22.2. The Labute approximate surface area is 126 Å². The number of carboxylic acid groups (broad SMARTS) is 1. The molecule has 0 amide bonds. The van der Waals surface area contributed by atoms with Crippen molar-refractivity contribution in [1.29, 1.82) is 0 Å². The zero-order valence-corrected chi connectivity index (χ0v) is 14.8. The molecule has 0 radical (unpaired) electrons. The largest absolute Gasteiger partial charge is 0.481 e. The molecule has 0 aromatic carbocycles. The van der Waals surface area contributed by atoms with E-state index in [4.69, 9.17) is 11.5 Å². The standard InChI is InChI=1S/C7H11O3P.C6H13O3P/c1-4-5-10-7(8)6-11(2,3)9;1-3-10(9,4-2)5-6(7)8/h1H,5-6H2,2-3H3;3-5H2,1-2H3,(H,7,8). The fourth-order valence-electron chi connectivity index (χ4n) is 1.17. The van der Waals surface area contributed by atoms with E-state index in [0.29, 0.717) is 12.3 Å². The van der Waals surface area contributed by atoms with Crippen molar-refractivity contribution in [2.24, 2.45) is 0 Å². The Morgan fingerprint density at radius 2 is 1.62 bits per heavy atom. The molecule has 0 aliphatic carbocycles. The minimum atomic E-state index is -2.34. The van der Waals surface area contributed by atoms with E-state index in [1.54, 1.807) is 13.8 Å². The molecular formula is C13H24O6P2. The molecule has 0 fully saturated rings. The summed E-state index contributed by atoms with van der Waals surface area (Å²) in [6.45, 7) is 6.56. The number of carbonyl (C=O) groups excluding carboxylic acids is 1. The Hall–Kier alpha value is -1.04. The number of ether oxygens (including phenoxy) is 1. The summed E-state index contributed by atoms with van der Waals surface area (Å²) >= 11 is 0. The van der Waals surface area contributed by atoms with E-state index in [1.165, 1.54) is 13.3 Å². The Morgan fingerprint density at radius 1 is 1.14 bits per heavy atom. The van der Waals surface area contributed by atoms with E-state index in [0.717, 1.165) is 0 Å². The average molecular weight is 338 g/mol. The van der Waals surface area contributed by atoms with Gasteiger partial charge in [0.15, 0.2) is 6.61 Å². The summed E-state index contributed by atoms with van der Waals surface area (Å²) in [5.41, 5.74) is 0. The first-order chi connectivity index (χ1) is 9.49. The first-order valence-electron chi connectivity index (χ1n) is 6.41. The summed E-state index contributed by atoms with van der Waals surface area (Å²) in [4.78, 5) is 20.9. The van der Waals surface area contributed by atoms with Crippen LogP contribution in [0.4, 0.5) is 0 Å². The van der Waals surface area contributed by atoms with E-state index < -0.39 is 26.2 Å². The number of aliphatic carboxylic acids is 1. The SMILES string of the molecule is C#CCOC(=O)CP(C)(C)=O.CCP(=O)(CC)CC(=O)O. The van der Waals surface area contributed by atoms with Crippen LogP contribution in [-0.4, -0.2) is 61.6 Å². The third kappa shape index (κ3) is 15.2. The fourth-order valence-corrected chi connectivity index (χ4v) is 3.27. The predicted molar refractivity (Wildman–Crippen MR) is 85.3 cm³/mol. The minimum Gasteiger partial charge on any atom is -0.481 e. The molecule has 1 N–H and O–H groups in total. The molecule has 21 heavy (non-hydrogen) atoms. The van der Waals surface area contributed by atoms with Crippen LogP contribution in [0.3, 0.4) is 0 Å². The van der Waals surface area contributed by atoms with Gasteiger partial charge in [0.2, 0.25) is 0 Å². The van der Waals surface area contributed by atoms with Gasteiger partial charge in [0.05, 0.1) is 26.6 Å². The Bertz CT molecular complexity index is 464. The maximum absolute atomic E-state index is 11.4. The Morgan fingerprint density at radius 3 is 1.86 bits per heavy atom. The average Bonchev–Trinajstić information content (AvgIpc) is 2.34. The molecule has 8 heteroatoms. The number of carbonyl (C=O) groups is 2. The molecule has 0 rings (SSSR count). The first-order valence-corrected chi connectivity index (χ1v) is 11.5. The van der Waals surface area contributed by atoms with Crippen LogP contribution in [0.2, 0.25) is 0 Å². The quantitative estimate of drug-likeness (QED) is 0.434. The maximum Gasteiger partial charge on any atom is 0.314 e. The van der Waals surface area contributed by atoms with Gasteiger partial charge in [-0.3, -0.25) is 9.59 Å². The van der Waals surface area contributed by atoms with E-state index >= 15 is 0 Å². The van der Waals surface area contributed by atoms with Crippen LogP contribution < -0.4 is 0 Å². The van der Waals surface area contributed by atoms with Crippen molar-refractivity contribution in [2.45, 2.75) is 13.8 Å². The summed E-state index contributed by atoms with van der Waals surface area (Å²) in [5, 5.41) is 8.34. The number of rotatable bonds is 7. The van der Waals surface area contributed by atoms with Gasteiger partial charge in [0.25, 0.3) is 0 Å². The van der Waals surface area contributed by atoms with Gasteiger partial charge >= 0.3 is 11.9 Å². The predicted octanol–water partition coefficient (Wildman–Crippen LogP) is 2.26. The number of terminal acetylenes is 1. The van der Waals surface area contributed by atoms with Gasteiger partial charge in [-0.05, 0) is 25.7 Å². The van der Waals surface area contributed by atoms with E-state index in [-0.39, 0.29) is 18.9 Å². The number of hydrogen-bond acceptors (Lipinski definition) is 5. The molecule has 0 saturated heterocycles. The molecule has 0 atom stereocenters. The molecule has 0 spiro atoms. The van der Waals surface area contributed by atoms with E-state index in [9.17, 15) is 18.7 Å². The summed E-state index contributed by atoms with van der Waals surface area (Å²) < 4.78 is 26.9. The van der Waals surface area contributed by atoms with Crippen molar-refractivity contribution in [2.75, 3.05) is 44.6 Å². The van der Waals surface area contributed by atoms with Crippen LogP contribution in [-0.2, 0) is 23.5 Å². The molecule has 0 bridgehead atoms. The van der Waals surface area contributed by atoms with Crippen LogP contribution in [0.25, 0.3) is 0 Å². The molecular weight excluding hydrogens is 314 g/mol. The van der Waals surface area contributed by atoms with Gasteiger partial charge in [-0.15, -0.1) is 6.42 Å². The summed E-state index contributed by atoms with van der Waals surface area (Å²) in [6.07, 6.45) is 5.65. The van der Waals surface area contributed by atoms with Gasteiger partial charge < -0.3 is 19.0 Å². The lowest BCUT2D eigenvalue weighted by atomic mass is 10.7. The summed E-state index contributed by atoms with van der Waals surface area (Å²) in [6, 6.07) is 0. The fraction of sp³-hybridized carbons (Fsp3) is 0.692. The monoisotopic (exact) mass is 338 g/mol. The van der Waals surface area contributed by atoms with Crippen molar-refractivity contribution in [1.82, 2.24) is 0 Å². The van der Waals surface area contributed by atoms with Gasteiger partial charge in [0.1, 0.15) is 0 Å². The molecule has 122 valence electrons. The number of esters is 1. The van der Waals surface area contributed by atoms with Gasteiger partial charge in [-0.2, -0.15) is 0 Å². The highest BCUT2D eigenvalue weighted by molar-refractivity contribution is 7.64. The zero-order chi connectivity index (χ0) is 17.1. The Balaban J connectivity index is 0.